The van der Waals surface area contributed by atoms with Crippen molar-refractivity contribution in [1.82, 2.24) is 0 Å². The van der Waals surface area contributed by atoms with Crippen molar-refractivity contribution in [3.8, 4) is 11.8 Å². The number of anilines is 1. The molecule has 1 aromatic carbocycles. The molecular formula is C17H21NO3. The first-order valence-electron chi connectivity index (χ1n) is 7.37. The highest BCUT2D eigenvalue weighted by Crippen LogP contribution is 2.25. The third-order valence-electron chi connectivity index (χ3n) is 3.59. The van der Waals surface area contributed by atoms with Crippen molar-refractivity contribution in [3.63, 3.8) is 0 Å². The van der Waals surface area contributed by atoms with Gasteiger partial charge in [-0.25, -0.2) is 0 Å². The molecule has 1 heterocycles. The highest BCUT2D eigenvalue weighted by molar-refractivity contribution is 5.94. The Morgan fingerprint density at radius 1 is 1.48 bits per heavy atom. The maximum atomic E-state index is 12.4. The number of hydrogen-bond donors (Lipinski definition) is 2. The third-order valence-corrected chi connectivity index (χ3v) is 3.59. The summed E-state index contributed by atoms with van der Waals surface area (Å²) in [5, 5.41) is 11.7. The molecule has 0 aromatic heterocycles. The Morgan fingerprint density at radius 3 is 3.05 bits per heavy atom. The fraction of sp³-hybridized carbons (Fsp3) is 0.471. The van der Waals surface area contributed by atoms with Crippen LogP contribution < -0.4 is 5.32 Å². The van der Waals surface area contributed by atoms with Gasteiger partial charge < -0.3 is 15.2 Å². The zero-order valence-corrected chi connectivity index (χ0v) is 12.3. The van der Waals surface area contributed by atoms with E-state index in [1.165, 1.54) is 0 Å². The van der Waals surface area contributed by atoms with Crippen molar-refractivity contribution in [2.75, 3.05) is 18.5 Å². The number of aliphatic hydroxyl groups excluding tert-OH is 1. The molecule has 0 saturated carbocycles. The minimum absolute atomic E-state index is 0.00393. The maximum Gasteiger partial charge on any atom is 0.230 e. The lowest BCUT2D eigenvalue weighted by Crippen LogP contribution is -2.29. The Morgan fingerprint density at radius 2 is 2.29 bits per heavy atom. The molecule has 0 spiro atoms. The minimum Gasteiger partial charge on any atom is -0.395 e. The van der Waals surface area contributed by atoms with Crippen LogP contribution in [-0.4, -0.2) is 30.3 Å². The summed E-state index contributed by atoms with van der Waals surface area (Å²) in [7, 11) is 0. The zero-order chi connectivity index (χ0) is 15.1. The van der Waals surface area contributed by atoms with E-state index in [1.807, 2.05) is 31.2 Å². The smallest absolute Gasteiger partial charge is 0.230 e. The molecule has 0 radical (unpaired) electrons. The van der Waals surface area contributed by atoms with Gasteiger partial charge in [-0.2, -0.15) is 0 Å². The average molecular weight is 287 g/mol. The number of para-hydroxylation sites is 1. The van der Waals surface area contributed by atoms with Gasteiger partial charge in [-0.1, -0.05) is 30.9 Å². The van der Waals surface area contributed by atoms with E-state index in [-0.39, 0.29) is 24.5 Å². The molecule has 1 aliphatic heterocycles. The number of rotatable bonds is 4. The number of carbonyl (C=O) groups is 1. The Bertz CT molecular complexity index is 544. The van der Waals surface area contributed by atoms with Crippen LogP contribution in [0.3, 0.4) is 0 Å². The molecule has 1 saturated heterocycles. The fourth-order valence-corrected chi connectivity index (χ4v) is 2.49. The van der Waals surface area contributed by atoms with Crippen molar-refractivity contribution in [2.45, 2.75) is 32.3 Å². The van der Waals surface area contributed by atoms with E-state index in [2.05, 4.69) is 17.2 Å². The standard InChI is InChI=1S/C17H21NO3/c1-2-16-14(10-12-21-16)17(20)18-15-9-4-3-7-13(15)8-5-6-11-19/h3-4,7,9,14,16,19H,2,6,10-12H2,1H3,(H,18,20). The van der Waals surface area contributed by atoms with E-state index in [9.17, 15) is 4.79 Å². The summed E-state index contributed by atoms with van der Waals surface area (Å²) in [5.74, 6) is 5.76. The second-order valence-electron chi connectivity index (χ2n) is 5.02. The van der Waals surface area contributed by atoms with Gasteiger partial charge in [0, 0.05) is 18.6 Å². The van der Waals surface area contributed by atoms with E-state index >= 15 is 0 Å². The van der Waals surface area contributed by atoms with Crippen molar-refractivity contribution >= 4 is 11.6 Å². The Balaban J connectivity index is 2.09. The number of carbonyl (C=O) groups excluding carboxylic acids is 1. The summed E-state index contributed by atoms with van der Waals surface area (Å²) in [6, 6.07) is 7.46. The highest BCUT2D eigenvalue weighted by atomic mass is 16.5. The first-order valence-corrected chi connectivity index (χ1v) is 7.37. The molecule has 112 valence electrons. The second-order valence-corrected chi connectivity index (χ2v) is 5.02. The van der Waals surface area contributed by atoms with Gasteiger partial charge in [0.25, 0.3) is 0 Å². The molecule has 1 aliphatic rings. The summed E-state index contributed by atoms with van der Waals surface area (Å²) in [5.41, 5.74) is 1.49. The molecule has 0 bridgehead atoms. The van der Waals surface area contributed by atoms with Gasteiger partial charge in [-0.05, 0) is 25.0 Å². The van der Waals surface area contributed by atoms with E-state index in [4.69, 9.17) is 9.84 Å². The summed E-state index contributed by atoms with van der Waals surface area (Å²) in [6.45, 7) is 2.72. The summed E-state index contributed by atoms with van der Waals surface area (Å²) < 4.78 is 5.57. The van der Waals surface area contributed by atoms with Crippen LogP contribution in [0, 0.1) is 17.8 Å². The molecule has 1 fully saturated rings. The molecule has 1 aromatic rings. The Labute approximate surface area is 125 Å². The monoisotopic (exact) mass is 287 g/mol. The zero-order valence-electron chi connectivity index (χ0n) is 12.3. The van der Waals surface area contributed by atoms with Gasteiger partial charge in [-0.15, -0.1) is 0 Å². The number of benzene rings is 1. The molecule has 2 atom stereocenters. The highest BCUT2D eigenvalue weighted by Gasteiger charge is 2.32. The molecule has 2 rings (SSSR count). The largest absolute Gasteiger partial charge is 0.395 e. The molecule has 4 nitrogen and oxygen atoms in total. The summed E-state index contributed by atoms with van der Waals surface area (Å²) >= 11 is 0. The minimum atomic E-state index is -0.0894. The normalized spacial score (nSPS) is 20.7. The van der Waals surface area contributed by atoms with E-state index in [1.54, 1.807) is 0 Å². The van der Waals surface area contributed by atoms with Gasteiger partial charge in [0.15, 0.2) is 0 Å². The summed E-state index contributed by atoms with van der Waals surface area (Å²) in [4.78, 5) is 12.4. The summed E-state index contributed by atoms with van der Waals surface area (Å²) in [6.07, 6.45) is 2.05. The Hall–Kier alpha value is -1.83. The number of nitrogens with one attached hydrogen (secondary N) is 1. The van der Waals surface area contributed by atoms with Crippen LogP contribution in [0.15, 0.2) is 24.3 Å². The van der Waals surface area contributed by atoms with Crippen LogP contribution in [-0.2, 0) is 9.53 Å². The van der Waals surface area contributed by atoms with Crippen LogP contribution in [0.25, 0.3) is 0 Å². The molecular weight excluding hydrogens is 266 g/mol. The van der Waals surface area contributed by atoms with Gasteiger partial charge in [0.2, 0.25) is 5.91 Å². The van der Waals surface area contributed by atoms with Crippen LogP contribution in [0.4, 0.5) is 5.69 Å². The second kappa shape index (κ2) is 7.82. The van der Waals surface area contributed by atoms with Gasteiger partial charge in [0.1, 0.15) is 0 Å². The van der Waals surface area contributed by atoms with Gasteiger partial charge in [-0.3, -0.25) is 4.79 Å². The van der Waals surface area contributed by atoms with Crippen LogP contribution in [0.2, 0.25) is 0 Å². The van der Waals surface area contributed by atoms with Crippen molar-refractivity contribution in [2.24, 2.45) is 5.92 Å². The van der Waals surface area contributed by atoms with Crippen LogP contribution in [0.1, 0.15) is 31.7 Å². The lowest BCUT2D eigenvalue weighted by Gasteiger charge is -2.17. The molecule has 2 unspecified atom stereocenters. The lowest BCUT2D eigenvalue weighted by molar-refractivity contribution is -0.121. The topological polar surface area (TPSA) is 58.6 Å². The predicted octanol–water partition coefficient (Wildman–Crippen LogP) is 2.17. The fourth-order valence-electron chi connectivity index (χ4n) is 2.49. The third kappa shape index (κ3) is 4.07. The van der Waals surface area contributed by atoms with Crippen LogP contribution >= 0.6 is 0 Å². The van der Waals surface area contributed by atoms with Gasteiger partial charge >= 0.3 is 0 Å². The van der Waals surface area contributed by atoms with Gasteiger partial charge in [0.05, 0.1) is 24.3 Å². The number of ether oxygens (including phenoxy) is 1. The van der Waals surface area contributed by atoms with E-state index < -0.39 is 0 Å². The SMILES string of the molecule is CCC1OCCC1C(=O)Nc1ccccc1C#CCCO. The molecule has 1 amide bonds. The lowest BCUT2D eigenvalue weighted by atomic mass is 9.98. The quantitative estimate of drug-likeness (QED) is 0.834. The van der Waals surface area contributed by atoms with Crippen molar-refractivity contribution in [3.05, 3.63) is 29.8 Å². The molecule has 0 aliphatic carbocycles. The number of aliphatic hydroxyl groups is 1. The molecule has 4 heteroatoms. The average Bonchev–Trinajstić information content (AvgIpc) is 2.98. The Kier molecular flexibility index (Phi) is 5.79. The first-order chi connectivity index (χ1) is 10.3. The van der Waals surface area contributed by atoms with E-state index in [0.717, 1.165) is 24.1 Å². The van der Waals surface area contributed by atoms with Crippen molar-refractivity contribution in [1.29, 1.82) is 0 Å². The number of amides is 1. The number of hydrogen-bond acceptors (Lipinski definition) is 3. The van der Waals surface area contributed by atoms with Crippen molar-refractivity contribution < 1.29 is 14.6 Å². The molecule has 2 N–H and O–H groups in total. The molecule has 21 heavy (non-hydrogen) atoms. The van der Waals surface area contributed by atoms with Crippen LogP contribution in [0.5, 0.6) is 0 Å². The first kappa shape index (κ1) is 15.6. The van der Waals surface area contributed by atoms with E-state index in [0.29, 0.717) is 13.0 Å². The predicted molar refractivity (Wildman–Crippen MR) is 81.8 cm³/mol. The maximum absolute atomic E-state index is 12.4.